The Morgan fingerprint density at radius 2 is 1.48 bits per heavy atom. The average Bonchev–Trinajstić information content (AvgIpc) is 3.45. The average molecular weight is 565 g/mol. The SMILES string of the molecule is C=CCCCCCCCCCOc1ccc(C(=O)Oc2ccc(-c3nnc(SCCCCCCC)o3)cc2)cc1. The van der Waals surface area contributed by atoms with E-state index < -0.39 is 5.97 Å². The topological polar surface area (TPSA) is 74.5 Å². The Labute approximate surface area is 244 Å². The van der Waals surface area contributed by atoms with E-state index in [4.69, 9.17) is 13.9 Å². The number of unbranched alkanes of at least 4 members (excludes halogenated alkanes) is 11. The van der Waals surface area contributed by atoms with E-state index in [2.05, 4.69) is 23.7 Å². The maximum absolute atomic E-state index is 12.6. The third-order valence-electron chi connectivity index (χ3n) is 6.60. The Morgan fingerprint density at radius 3 is 2.20 bits per heavy atom. The van der Waals surface area contributed by atoms with Gasteiger partial charge in [-0.05, 0) is 74.2 Å². The van der Waals surface area contributed by atoms with Crippen molar-refractivity contribution >= 4 is 17.7 Å². The molecule has 1 aromatic heterocycles. The van der Waals surface area contributed by atoms with Crippen LogP contribution in [0.25, 0.3) is 11.5 Å². The van der Waals surface area contributed by atoms with Crippen molar-refractivity contribution in [2.45, 2.75) is 95.6 Å². The van der Waals surface area contributed by atoms with Gasteiger partial charge in [0.05, 0.1) is 12.2 Å². The molecule has 216 valence electrons. The Hall–Kier alpha value is -3.06. The highest BCUT2D eigenvalue weighted by Gasteiger charge is 2.12. The van der Waals surface area contributed by atoms with Gasteiger partial charge in [-0.25, -0.2) is 4.79 Å². The summed E-state index contributed by atoms with van der Waals surface area (Å²) >= 11 is 1.59. The molecule has 0 atom stereocenters. The lowest BCUT2D eigenvalue weighted by molar-refractivity contribution is 0.0734. The van der Waals surface area contributed by atoms with Gasteiger partial charge in [0.1, 0.15) is 11.5 Å². The van der Waals surface area contributed by atoms with Crippen molar-refractivity contribution in [2.24, 2.45) is 0 Å². The van der Waals surface area contributed by atoms with E-state index in [1.54, 1.807) is 36.0 Å². The number of allylic oxidation sites excluding steroid dienone is 1. The zero-order valence-electron chi connectivity index (χ0n) is 23.9. The van der Waals surface area contributed by atoms with Gasteiger partial charge in [0.2, 0.25) is 5.89 Å². The normalized spacial score (nSPS) is 10.9. The van der Waals surface area contributed by atoms with Gasteiger partial charge in [-0.15, -0.1) is 16.8 Å². The minimum atomic E-state index is -0.414. The Balaban J connectivity index is 1.34. The molecule has 0 unspecified atom stereocenters. The van der Waals surface area contributed by atoms with Gasteiger partial charge in [0, 0.05) is 11.3 Å². The van der Waals surface area contributed by atoms with E-state index in [9.17, 15) is 4.79 Å². The van der Waals surface area contributed by atoms with Crippen LogP contribution in [0.15, 0.2) is 70.8 Å². The molecule has 0 amide bonds. The molecule has 0 aliphatic heterocycles. The van der Waals surface area contributed by atoms with E-state index in [0.717, 1.165) is 36.3 Å². The molecular weight excluding hydrogens is 520 g/mol. The van der Waals surface area contributed by atoms with Gasteiger partial charge in [-0.1, -0.05) is 82.5 Å². The van der Waals surface area contributed by atoms with Crippen molar-refractivity contribution in [3.63, 3.8) is 0 Å². The maximum atomic E-state index is 12.6. The van der Waals surface area contributed by atoms with Gasteiger partial charge < -0.3 is 13.9 Å². The lowest BCUT2D eigenvalue weighted by atomic mass is 10.1. The lowest BCUT2D eigenvalue weighted by Gasteiger charge is -2.08. The first kappa shape index (κ1) is 31.5. The van der Waals surface area contributed by atoms with E-state index >= 15 is 0 Å². The fraction of sp³-hybridized carbons (Fsp3) is 0.485. The van der Waals surface area contributed by atoms with Crippen molar-refractivity contribution in [1.29, 1.82) is 0 Å². The number of aromatic nitrogens is 2. The fourth-order valence-corrected chi connectivity index (χ4v) is 4.99. The third-order valence-corrected chi connectivity index (χ3v) is 7.51. The van der Waals surface area contributed by atoms with Crippen LogP contribution in [-0.4, -0.2) is 28.5 Å². The number of carbonyl (C=O) groups excluding carboxylic acids is 1. The van der Waals surface area contributed by atoms with Crippen molar-refractivity contribution in [3.05, 3.63) is 66.7 Å². The van der Waals surface area contributed by atoms with Gasteiger partial charge in [-0.2, -0.15) is 0 Å². The second-order valence-corrected chi connectivity index (χ2v) is 11.0. The van der Waals surface area contributed by atoms with Crippen LogP contribution >= 0.6 is 11.8 Å². The van der Waals surface area contributed by atoms with E-state index in [-0.39, 0.29) is 0 Å². The maximum Gasteiger partial charge on any atom is 0.343 e. The van der Waals surface area contributed by atoms with E-state index in [0.29, 0.717) is 29.0 Å². The molecule has 40 heavy (non-hydrogen) atoms. The first-order valence-corrected chi connectivity index (χ1v) is 15.8. The highest BCUT2D eigenvalue weighted by Crippen LogP contribution is 2.26. The summed E-state index contributed by atoms with van der Waals surface area (Å²) in [5.41, 5.74) is 1.26. The predicted molar refractivity (Wildman–Crippen MR) is 163 cm³/mol. The zero-order valence-corrected chi connectivity index (χ0v) is 24.8. The number of thioether (sulfide) groups is 1. The number of esters is 1. The molecule has 0 aliphatic carbocycles. The smallest absolute Gasteiger partial charge is 0.343 e. The molecule has 0 bridgehead atoms. The minimum absolute atomic E-state index is 0.414. The molecule has 3 rings (SSSR count). The van der Waals surface area contributed by atoms with Crippen LogP contribution in [0.2, 0.25) is 0 Å². The fourth-order valence-electron chi connectivity index (χ4n) is 4.23. The molecule has 0 aliphatic rings. The highest BCUT2D eigenvalue weighted by molar-refractivity contribution is 7.99. The zero-order chi connectivity index (χ0) is 28.3. The quantitative estimate of drug-likeness (QED) is 0.0419. The van der Waals surface area contributed by atoms with Gasteiger partial charge in [0.15, 0.2) is 0 Å². The van der Waals surface area contributed by atoms with Gasteiger partial charge in [-0.3, -0.25) is 0 Å². The molecule has 0 spiro atoms. The molecular formula is C33H44N2O4S. The monoisotopic (exact) mass is 564 g/mol. The highest BCUT2D eigenvalue weighted by atomic mass is 32.2. The van der Waals surface area contributed by atoms with Crippen LogP contribution in [0.3, 0.4) is 0 Å². The standard InChI is InChI=1S/C33H44N2O4S/c1-3-5-7-9-10-11-12-13-15-25-37-29-21-19-28(20-22-29)32(36)38-30-23-17-27(18-24-30)31-34-35-33(39-31)40-26-16-14-8-6-4-2/h3,17-24H,1,4-16,25-26H2,2H3. The minimum Gasteiger partial charge on any atom is -0.494 e. The van der Waals surface area contributed by atoms with Crippen molar-refractivity contribution in [3.8, 4) is 23.0 Å². The van der Waals surface area contributed by atoms with Crippen molar-refractivity contribution in [1.82, 2.24) is 10.2 Å². The first-order chi connectivity index (χ1) is 19.7. The molecule has 0 saturated carbocycles. The summed E-state index contributed by atoms with van der Waals surface area (Å²) in [6.07, 6.45) is 17.9. The molecule has 0 N–H and O–H groups in total. The molecule has 1 heterocycles. The Morgan fingerprint density at radius 1 is 0.825 bits per heavy atom. The summed E-state index contributed by atoms with van der Waals surface area (Å²) in [6.45, 7) is 6.67. The second kappa shape index (κ2) is 19.1. The second-order valence-electron chi connectivity index (χ2n) is 9.97. The third kappa shape index (κ3) is 12.0. The number of hydrogen-bond acceptors (Lipinski definition) is 7. The van der Waals surface area contributed by atoms with Crippen LogP contribution in [0, 0.1) is 0 Å². The lowest BCUT2D eigenvalue weighted by Crippen LogP contribution is -2.08. The summed E-state index contributed by atoms with van der Waals surface area (Å²) in [5.74, 6) is 2.24. The molecule has 0 radical (unpaired) electrons. The van der Waals surface area contributed by atoms with Crippen LogP contribution in [0.4, 0.5) is 0 Å². The van der Waals surface area contributed by atoms with Gasteiger partial charge in [0.25, 0.3) is 5.22 Å². The molecule has 0 saturated heterocycles. The number of carbonyl (C=O) groups is 1. The number of hydrogen-bond donors (Lipinski definition) is 0. The summed E-state index contributed by atoms with van der Waals surface area (Å²) in [4.78, 5) is 12.6. The molecule has 7 heteroatoms. The molecule has 3 aromatic rings. The summed E-state index contributed by atoms with van der Waals surface area (Å²) in [7, 11) is 0. The van der Waals surface area contributed by atoms with Crippen LogP contribution in [0.5, 0.6) is 11.5 Å². The largest absolute Gasteiger partial charge is 0.494 e. The summed E-state index contributed by atoms with van der Waals surface area (Å²) < 4.78 is 17.2. The summed E-state index contributed by atoms with van der Waals surface area (Å²) in [5, 5.41) is 8.87. The van der Waals surface area contributed by atoms with E-state index in [1.165, 1.54) is 64.2 Å². The Kier molecular flexibility index (Phi) is 15.0. The number of benzene rings is 2. The number of ether oxygens (including phenoxy) is 2. The van der Waals surface area contributed by atoms with Crippen LogP contribution < -0.4 is 9.47 Å². The van der Waals surface area contributed by atoms with Crippen LogP contribution in [0.1, 0.15) is 101 Å². The van der Waals surface area contributed by atoms with Crippen molar-refractivity contribution in [2.75, 3.05) is 12.4 Å². The van der Waals surface area contributed by atoms with E-state index in [1.807, 2.05) is 30.3 Å². The summed E-state index contributed by atoms with van der Waals surface area (Å²) in [6, 6.07) is 14.2. The number of rotatable bonds is 21. The first-order valence-electron chi connectivity index (χ1n) is 14.8. The van der Waals surface area contributed by atoms with Crippen LogP contribution in [-0.2, 0) is 0 Å². The molecule has 2 aromatic carbocycles. The van der Waals surface area contributed by atoms with Gasteiger partial charge >= 0.3 is 5.97 Å². The Bertz CT molecular complexity index is 1110. The number of nitrogens with zero attached hydrogens (tertiary/aromatic N) is 2. The molecule has 0 fully saturated rings. The predicted octanol–water partition coefficient (Wildman–Crippen LogP) is 9.70. The molecule has 6 nitrogen and oxygen atoms in total. The van der Waals surface area contributed by atoms with Crippen molar-refractivity contribution < 1.29 is 18.7 Å².